The van der Waals surface area contributed by atoms with Crippen LogP contribution in [-0.2, 0) is 19.4 Å². The Kier molecular flexibility index (Phi) is 4.47. The minimum absolute atomic E-state index is 0.572. The van der Waals surface area contributed by atoms with Crippen LogP contribution in [0.1, 0.15) is 11.4 Å². The predicted molar refractivity (Wildman–Crippen MR) is 89.3 cm³/mol. The van der Waals surface area contributed by atoms with Crippen molar-refractivity contribution in [3.05, 3.63) is 64.9 Å². The molecule has 1 heterocycles. The second-order valence-electron chi connectivity index (χ2n) is 4.99. The Hall–Kier alpha value is -1.51. The molecule has 0 unspecified atom stereocenters. The Balaban J connectivity index is 1.94. The summed E-state index contributed by atoms with van der Waals surface area (Å²) in [5.41, 5.74) is 3.38. The molecule has 3 rings (SSSR count). The predicted octanol–water partition coefficient (Wildman–Crippen LogP) is 4.71. The van der Waals surface area contributed by atoms with Gasteiger partial charge in [0.15, 0.2) is 0 Å². The first-order valence-corrected chi connectivity index (χ1v) is 7.94. The van der Waals surface area contributed by atoms with Gasteiger partial charge in [0.05, 0.1) is 11.0 Å². The van der Waals surface area contributed by atoms with Gasteiger partial charge in [0.1, 0.15) is 5.82 Å². The molecule has 0 saturated heterocycles. The van der Waals surface area contributed by atoms with Crippen molar-refractivity contribution in [2.45, 2.75) is 19.4 Å². The molecule has 0 amide bonds. The fourth-order valence-corrected chi connectivity index (χ4v) is 2.89. The molecule has 0 atom stereocenters. The second kappa shape index (κ2) is 6.50. The molecule has 0 fully saturated rings. The molecule has 0 radical (unpaired) electrons. The standard InChI is InChI=1S/C17H16Cl2N2/c18-10-8-17-20-15-7-6-14(19)12-16(15)21(17)11-9-13-4-2-1-3-5-13/h1-7,12H,8-11H2. The Morgan fingerprint density at radius 3 is 2.57 bits per heavy atom. The van der Waals surface area contributed by atoms with Crippen LogP contribution < -0.4 is 0 Å². The minimum Gasteiger partial charge on any atom is -0.328 e. The van der Waals surface area contributed by atoms with E-state index < -0.39 is 0 Å². The van der Waals surface area contributed by atoms with E-state index in [4.69, 9.17) is 23.2 Å². The topological polar surface area (TPSA) is 17.8 Å². The van der Waals surface area contributed by atoms with Crippen molar-refractivity contribution < 1.29 is 0 Å². The number of hydrogen-bond donors (Lipinski definition) is 0. The first-order chi connectivity index (χ1) is 10.3. The van der Waals surface area contributed by atoms with Crippen molar-refractivity contribution in [3.63, 3.8) is 0 Å². The van der Waals surface area contributed by atoms with E-state index in [1.54, 1.807) is 0 Å². The first-order valence-electron chi connectivity index (χ1n) is 7.02. The molecule has 3 aromatic rings. The van der Waals surface area contributed by atoms with Gasteiger partial charge < -0.3 is 4.57 Å². The summed E-state index contributed by atoms with van der Waals surface area (Å²) in [6.45, 7) is 0.882. The molecular formula is C17H16Cl2N2. The van der Waals surface area contributed by atoms with E-state index in [-0.39, 0.29) is 0 Å². The van der Waals surface area contributed by atoms with E-state index in [1.807, 2.05) is 24.3 Å². The van der Waals surface area contributed by atoms with Crippen molar-refractivity contribution >= 4 is 34.2 Å². The molecule has 0 aliphatic heterocycles. The van der Waals surface area contributed by atoms with Crippen LogP contribution in [0.2, 0.25) is 5.02 Å². The van der Waals surface area contributed by atoms with Gasteiger partial charge in [0.25, 0.3) is 0 Å². The third-order valence-corrected chi connectivity index (χ3v) is 4.00. The summed E-state index contributed by atoms with van der Waals surface area (Å²) < 4.78 is 2.23. The van der Waals surface area contributed by atoms with E-state index in [0.29, 0.717) is 5.88 Å². The number of imidazole rings is 1. The number of nitrogens with zero attached hydrogens (tertiary/aromatic N) is 2. The average molecular weight is 319 g/mol. The molecule has 0 spiro atoms. The lowest BCUT2D eigenvalue weighted by Crippen LogP contribution is -2.07. The number of aromatic nitrogens is 2. The van der Waals surface area contributed by atoms with Crippen molar-refractivity contribution in [2.24, 2.45) is 0 Å². The average Bonchev–Trinajstić information content (AvgIpc) is 2.83. The van der Waals surface area contributed by atoms with Crippen LogP contribution in [0.4, 0.5) is 0 Å². The molecule has 1 aromatic heterocycles. The number of hydrogen-bond acceptors (Lipinski definition) is 1. The number of alkyl halides is 1. The molecule has 4 heteroatoms. The highest BCUT2D eigenvalue weighted by Gasteiger charge is 2.10. The van der Waals surface area contributed by atoms with E-state index in [1.165, 1.54) is 5.56 Å². The molecule has 0 bridgehead atoms. The van der Waals surface area contributed by atoms with Gasteiger partial charge in [0.2, 0.25) is 0 Å². The van der Waals surface area contributed by atoms with Gasteiger partial charge in [-0.3, -0.25) is 0 Å². The van der Waals surface area contributed by atoms with E-state index in [2.05, 4.69) is 33.8 Å². The Morgan fingerprint density at radius 1 is 1.00 bits per heavy atom. The van der Waals surface area contributed by atoms with Gasteiger partial charge in [-0.15, -0.1) is 11.6 Å². The van der Waals surface area contributed by atoms with Gasteiger partial charge in [-0.25, -0.2) is 4.98 Å². The molecule has 2 nitrogen and oxygen atoms in total. The molecule has 0 aliphatic carbocycles. The zero-order chi connectivity index (χ0) is 14.7. The fraction of sp³-hybridized carbons (Fsp3) is 0.235. The quantitative estimate of drug-likeness (QED) is 0.623. The molecule has 21 heavy (non-hydrogen) atoms. The summed E-state index contributed by atoms with van der Waals surface area (Å²) in [6, 6.07) is 16.3. The molecule has 2 aromatic carbocycles. The molecule has 0 N–H and O–H groups in total. The smallest absolute Gasteiger partial charge is 0.111 e. The second-order valence-corrected chi connectivity index (χ2v) is 5.80. The summed E-state index contributed by atoms with van der Waals surface area (Å²) >= 11 is 12.0. The van der Waals surface area contributed by atoms with E-state index >= 15 is 0 Å². The third-order valence-electron chi connectivity index (χ3n) is 3.57. The molecule has 108 valence electrons. The lowest BCUT2D eigenvalue weighted by molar-refractivity contribution is 0.675. The van der Waals surface area contributed by atoms with Gasteiger partial charge in [-0.05, 0) is 30.2 Å². The lowest BCUT2D eigenvalue weighted by Gasteiger charge is -2.09. The van der Waals surface area contributed by atoms with E-state index in [0.717, 1.165) is 41.3 Å². The highest BCUT2D eigenvalue weighted by Crippen LogP contribution is 2.22. The van der Waals surface area contributed by atoms with Gasteiger partial charge in [0, 0.05) is 23.9 Å². The zero-order valence-corrected chi connectivity index (χ0v) is 13.1. The monoisotopic (exact) mass is 318 g/mol. The highest BCUT2D eigenvalue weighted by molar-refractivity contribution is 6.31. The summed E-state index contributed by atoms with van der Waals surface area (Å²) in [4.78, 5) is 4.68. The number of halogens is 2. The van der Waals surface area contributed by atoms with Crippen molar-refractivity contribution in [2.75, 3.05) is 5.88 Å². The number of aryl methyl sites for hydroxylation is 3. The molecule has 0 aliphatic rings. The molecule has 0 saturated carbocycles. The third kappa shape index (κ3) is 3.22. The highest BCUT2D eigenvalue weighted by atomic mass is 35.5. The van der Waals surface area contributed by atoms with Crippen molar-refractivity contribution in [1.82, 2.24) is 9.55 Å². The van der Waals surface area contributed by atoms with Crippen LogP contribution in [-0.4, -0.2) is 15.4 Å². The van der Waals surface area contributed by atoms with Gasteiger partial charge in [-0.1, -0.05) is 41.9 Å². The normalized spacial score (nSPS) is 11.1. The van der Waals surface area contributed by atoms with Gasteiger partial charge in [-0.2, -0.15) is 0 Å². The van der Waals surface area contributed by atoms with Gasteiger partial charge >= 0.3 is 0 Å². The largest absolute Gasteiger partial charge is 0.328 e. The first kappa shape index (κ1) is 14.4. The lowest BCUT2D eigenvalue weighted by atomic mass is 10.1. The summed E-state index contributed by atoms with van der Waals surface area (Å²) in [5.74, 6) is 1.60. The summed E-state index contributed by atoms with van der Waals surface area (Å²) in [5, 5.41) is 0.737. The van der Waals surface area contributed by atoms with Crippen LogP contribution in [0.5, 0.6) is 0 Å². The van der Waals surface area contributed by atoms with Crippen LogP contribution in [0.15, 0.2) is 48.5 Å². The Labute approximate surface area is 134 Å². The van der Waals surface area contributed by atoms with Crippen LogP contribution >= 0.6 is 23.2 Å². The van der Waals surface area contributed by atoms with E-state index in [9.17, 15) is 0 Å². The zero-order valence-electron chi connectivity index (χ0n) is 11.6. The number of rotatable bonds is 5. The molecular weight excluding hydrogens is 303 g/mol. The Morgan fingerprint density at radius 2 is 1.81 bits per heavy atom. The Bertz CT molecular complexity index is 735. The van der Waals surface area contributed by atoms with Crippen molar-refractivity contribution in [1.29, 1.82) is 0 Å². The van der Waals surface area contributed by atoms with Crippen molar-refractivity contribution in [3.8, 4) is 0 Å². The SMILES string of the molecule is ClCCc1nc2ccc(Cl)cc2n1CCc1ccccc1. The fourth-order valence-electron chi connectivity index (χ4n) is 2.56. The van der Waals surface area contributed by atoms with Crippen LogP contribution in [0.3, 0.4) is 0 Å². The number of benzene rings is 2. The number of fused-ring (bicyclic) bond motifs is 1. The maximum absolute atomic E-state index is 6.13. The summed E-state index contributed by atoms with van der Waals surface area (Å²) in [7, 11) is 0. The minimum atomic E-state index is 0.572. The maximum atomic E-state index is 6.13. The summed E-state index contributed by atoms with van der Waals surface area (Å²) in [6.07, 6.45) is 1.73. The maximum Gasteiger partial charge on any atom is 0.111 e. The van der Waals surface area contributed by atoms with Crippen LogP contribution in [0.25, 0.3) is 11.0 Å². The van der Waals surface area contributed by atoms with Crippen LogP contribution in [0, 0.1) is 0 Å².